The molecule has 6 nitrogen and oxygen atoms in total. The standard InChI is InChI=1S/C9H14N2O4S2/c1-6(15-2)4-11-9(12)7-3-8(16-5-7)17(10,13)14/h3,5-6H,4H2,1-2H3,(H,11,12)(H2,10,13,14). The number of carbonyl (C=O) groups excluding carboxylic acids is 1. The topological polar surface area (TPSA) is 98.5 Å². The third kappa shape index (κ3) is 4.08. The number of ether oxygens (including phenoxy) is 1. The van der Waals surface area contributed by atoms with Crippen molar-refractivity contribution in [2.45, 2.75) is 17.2 Å². The second-order valence-corrected chi connectivity index (χ2v) is 6.16. The van der Waals surface area contributed by atoms with E-state index in [2.05, 4.69) is 5.32 Å². The Labute approximate surface area is 104 Å². The summed E-state index contributed by atoms with van der Waals surface area (Å²) in [6.45, 7) is 2.17. The number of amides is 1. The molecule has 0 aliphatic rings. The van der Waals surface area contributed by atoms with Gasteiger partial charge in [-0.05, 0) is 13.0 Å². The van der Waals surface area contributed by atoms with Crippen molar-refractivity contribution in [3.63, 3.8) is 0 Å². The van der Waals surface area contributed by atoms with Crippen LogP contribution in [-0.4, -0.2) is 34.1 Å². The molecule has 1 aromatic heterocycles. The SMILES string of the molecule is COC(C)CNC(=O)c1csc(S(N)(=O)=O)c1. The number of carbonyl (C=O) groups is 1. The first-order chi connectivity index (χ1) is 7.84. The van der Waals surface area contributed by atoms with E-state index < -0.39 is 10.0 Å². The van der Waals surface area contributed by atoms with Crippen LogP contribution in [0.15, 0.2) is 15.7 Å². The highest BCUT2D eigenvalue weighted by atomic mass is 32.2. The first kappa shape index (κ1) is 14.1. The van der Waals surface area contributed by atoms with Crippen LogP contribution < -0.4 is 10.5 Å². The molecular weight excluding hydrogens is 264 g/mol. The Hall–Kier alpha value is -0.960. The van der Waals surface area contributed by atoms with E-state index in [1.165, 1.54) is 11.4 Å². The minimum atomic E-state index is -3.74. The van der Waals surface area contributed by atoms with E-state index in [-0.39, 0.29) is 21.8 Å². The predicted octanol–water partition coefficient (Wildman–Crippen LogP) is 0.160. The molecule has 8 heteroatoms. The Morgan fingerprint density at radius 1 is 1.65 bits per heavy atom. The van der Waals surface area contributed by atoms with Crippen molar-refractivity contribution in [3.8, 4) is 0 Å². The van der Waals surface area contributed by atoms with E-state index in [1.54, 1.807) is 7.11 Å². The molecule has 1 unspecified atom stereocenters. The molecule has 0 aliphatic heterocycles. The fourth-order valence-corrected chi connectivity index (χ4v) is 2.59. The van der Waals surface area contributed by atoms with Gasteiger partial charge in [-0.25, -0.2) is 13.6 Å². The molecule has 0 aromatic carbocycles. The second-order valence-electron chi connectivity index (χ2n) is 3.46. The quantitative estimate of drug-likeness (QED) is 0.801. The second kappa shape index (κ2) is 5.58. The average molecular weight is 278 g/mol. The molecule has 0 bridgehead atoms. The summed E-state index contributed by atoms with van der Waals surface area (Å²) in [5, 5.41) is 9.02. The molecule has 1 rings (SSSR count). The predicted molar refractivity (Wildman–Crippen MR) is 64.5 cm³/mol. The highest BCUT2D eigenvalue weighted by Gasteiger charge is 2.15. The first-order valence-corrected chi connectivity index (χ1v) is 7.19. The molecule has 3 N–H and O–H groups in total. The molecule has 17 heavy (non-hydrogen) atoms. The van der Waals surface area contributed by atoms with Crippen molar-refractivity contribution in [3.05, 3.63) is 17.0 Å². The number of primary sulfonamides is 1. The molecule has 0 saturated heterocycles. The van der Waals surface area contributed by atoms with Gasteiger partial charge in [-0.2, -0.15) is 0 Å². The highest BCUT2D eigenvalue weighted by molar-refractivity contribution is 7.91. The van der Waals surface area contributed by atoms with Gasteiger partial charge < -0.3 is 10.1 Å². The zero-order chi connectivity index (χ0) is 13.1. The molecule has 0 fully saturated rings. The lowest BCUT2D eigenvalue weighted by atomic mass is 10.3. The molecule has 0 spiro atoms. The zero-order valence-electron chi connectivity index (χ0n) is 9.47. The van der Waals surface area contributed by atoms with Gasteiger partial charge in [0.2, 0.25) is 10.0 Å². The van der Waals surface area contributed by atoms with Gasteiger partial charge in [0.05, 0.1) is 11.7 Å². The van der Waals surface area contributed by atoms with Crippen molar-refractivity contribution in [2.24, 2.45) is 5.14 Å². The number of thiophene rings is 1. The van der Waals surface area contributed by atoms with Gasteiger partial charge in [-0.15, -0.1) is 11.3 Å². The van der Waals surface area contributed by atoms with E-state index in [0.29, 0.717) is 6.54 Å². The van der Waals surface area contributed by atoms with Crippen molar-refractivity contribution >= 4 is 27.3 Å². The van der Waals surface area contributed by atoms with Crippen molar-refractivity contribution < 1.29 is 17.9 Å². The molecule has 1 atom stereocenters. The molecule has 1 amide bonds. The summed E-state index contributed by atoms with van der Waals surface area (Å²) in [6.07, 6.45) is -0.102. The summed E-state index contributed by atoms with van der Waals surface area (Å²) in [6, 6.07) is 1.26. The number of methoxy groups -OCH3 is 1. The van der Waals surface area contributed by atoms with E-state index in [9.17, 15) is 13.2 Å². The van der Waals surface area contributed by atoms with Crippen LogP contribution in [0.4, 0.5) is 0 Å². The van der Waals surface area contributed by atoms with Gasteiger partial charge in [0, 0.05) is 19.0 Å². The number of hydrogen-bond donors (Lipinski definition) is 2. The van der Waals surface area contributed by atoms with Gasteiger partial charge >= 0.3 is 0 Å². The van der Waals surface area contributed by atoms with Crippen LogP contribution in [0.1, 0.15) is 17.3 Å². The van der Waals surface area contributed by atoms with Crippen LogP contribution in [0.5, 0.6) is 0 Å². The molecule has 0 saturated carbocycles. The molecule has 0 aliphatic carbocycles. The van der Waals surface area contributed by atoms with Crippen LogP contribution in [0.25, 0.3) is 0 Å². The average Bonchev–Trinajstić information content (AvgIpc) is 2.74. The lowest BCUT2D eigenvalue weighted by Gasteiger charge is -2.09. The normalized spacial score (nSPS) is 13.4. The van der Waals surface area contributed by atoms with Gasteiger partial charge in [0.15, 0.2) is 0 Å². The van der Waals surface area contributed by atoms with Gasteiger partial charge in [0.25, 0.3) is 5.91 Å². The largest absolute Gasteiger partial charge is 0.380 e. The molecule has 96 valence electrons. The maximum Gasteiger partial charge on any atom is 0.252 e. The fourth-order valence-electron chi connectivity index (χ4n) is 1.01. The van der Waals surface area contributed by atoms with E-state index in [1.807, 2.05) is 6.92 Å². The van der Waals surface area contributed by atoms with Crippen LogP contribution in [0.3, 0.4) is 0 Å². The van der Waals surface area contributed by atoms with E-state index in [4.69, 9.17) is 9.88 Å². The molecule has 1 aromatic rings. The maximum absolute atomic E-state index is 11.6. The lowest BCUT2D eigenvalue weighted by Crippen LogP contribution is -2.31. The number of hydrogen-bond acceptors (Lipinski definition) is 5. The van der Waals surface area contributed by atoms with Gasteiger partial charge in [-0.3, -0.25) is 4.79 Å². The van der Waals surface area contributed by atoms with Crippen LogP contribution in [0, 0.1) is 0 Å². The van der Waals surface area contributed by atoms with Gasteiger partial charge in [-0.1, -0.05) is 0 Å². The number of nitrogens with one attached hydrogen (secondary N) is 1. The summed E-state index contributed by atoms with van der Waals surface area (Å²) in [7, 11) is -2.20. The molecule has 1 heterocycles. The van der Waals surface area contributed by atoms with Crippen molar-refractivity contribution in [2.75, 3.05) is 13.7 Å². The zero-order valence-corrected chi connectivity index (χ0v) is 11.1. The Bertz CT molecular complexity index is 495. The summed E-state index contributed by atoms with van der Waals surface area (Å²) >= 11 is 0.920. The third-order valence-corrected chi connectivity index (χ3v) is 4.46. The lowest BCUT2D eigenvalue weighted by molar-refractivity contribution is 0.0870. The highest BCUT2D eigenvalue weighted by Crippen LogP contribution is 2.18. The fraction of sp³-hybridized carbons (Fsp3) is 0.444. The molecule has 0 radical (unpaired) electrons. The number of sulfonamides is 1. The third-order valence-electron chi connectivity index (χ3n) is 2.07. The van der Waals surface area contributed by atoms with E-state index >= 15 is 0 Å². The number of rotatable bonds is 5. The van der Waals surface area contributed by atoms with Gasteiger partial charge in [0.1, 0.15) is 4.21 Å². The maximum atomic E-state index is 11.6. The van der Waals surface area contributed by atoms with E-state index in [0.717, 1.165) is 11.3 Å². The van der Waals surface area contributed by atoms with Crippen LogP contribution in [-0.2, 0) is 14.8 Å². The smallest absolute Gasteiger partial charge is 0.252 e. The summed E-state index contributed by atoms with van der Waals surface area (Å²) in [5.41, 5.74) is 0.280. The Morgan fingerprint density at radius 3 is 2.76 bits per heavy atom. The summed E-state index contributed by atoms with van der Waals surface area (Å²) in [4.78, 5) is 11.6. The summed E-state index contributed by atoms with van der Waals surface area (Å²) in [5.74, 6) is -0.347. The number of nitrogens with two attached hydrogens (primary N) is 1. The molecular formula is C9H14N2O4S2. The van der Waals surface area contributed by atoms with Crippen LogP contribution in [0.2, 0.25) is 0 Å². The monoisotopic (exact) mass is 278 g/mol. The minimum absolute atomic E-state index is 0.0255. The Kier molecular flexibility index (Phi) is 4.63. The Balaban J connectivity index is 2.68. The van der Waals surface area contributed by atoms with Crippen molar-refractivity contribution in [1.29, 1.82) is 0 Å². The van der Waals surface area contributed by atoms with Crippen LogP contribution >= 0.6 is 11.3 Å². The Morgan fingerprint density at radius 2 is 2.29 bits per heavy atom. The van der Waals surface area contributed by atoms with Crippen molar-refractivity contribution in [1.82, 2.24) is 5.32 Å². The first-order valence-electron chi connectivity index (χ1n) is 4.77. The minimum Gasteiger partial charge on any atom is -0.380 e. The summed E-state index contributed by atoms with van der Waals surface area (Å²) < 4.78 is 27.0.